The van der Waals surface area contributed by atoms with Gasteiger partial charge < -0.3 is 5.73 Å². The number of rotatable bonds is 4. The molecule has 1 rings (SSSR count). The van der Waals surface area contributed by atoms with Gasteiger partial charge in [0.05, 0.1) is 10.5 Å². The molecule has 0 bridgehead atoms. The maximum atomic E-state index is 10.7. The van der Waals surface area contributed by atoms with Crippen LogP contribution in [0.2, 0.25) is 0 Å². The van der Waals surface area contributed by atoms with Crippen LogP contribution in [-0.4, -0.2) is 11.5 Å². The summed E-state index contributed by atoms with van der Waals surface area (Å²) in [5, 5.41) is 10.7. The molecule has 0 unspecified atom stereocenters. The van der Waals surface area contributed by atoms with E-state index in [2.05, 4.69) is 6.58 Å². The molecule has 0 saturated heterocycles. The number of nitro benzene ring substituents is 1. The Balaban J connectivity index is 3.07. The van der Waals surface area contributed by atoms with E-state index < -0.39 is 4.92 Å². The zero-order valence-corrected chi connectivity index (χ0v) is 7.77. The van der Waals surface area contributed by atoms with E-state index in [-0.39, 0.29) is 5.69 Å². The second-order valence-electron chi connectivity index (χ2n) is 2.92. The van der Waals surface area contributed by atoms with Gasteiger partial charge in [-0.2, -0.15) is 0 Å². The Morgan fingerprint density at radius 1 is 1.50 bits per heavy atom. The van der Waals surface area contributed by atoms with Gasteiger partial charge in [0.25, 0.3) is 5.69 Å². The first-order valence-corrected chi connectivity index (χ1v) is 4.28. The van der Waals surface area contributed by atoms with Gasteiger partial charge in [-0.3, -0.25) is 10.1 Å². The second kappa shape index (κ2) is 4.53. The quantitative estimate of drug-likeness (QED) is 0.585. The SMILES string of the molecule is C=C(CCN)c1ccccc1[N+](=O)[O-]. The van der Waals surface area contributed by atoms with Crippen molar-refractivity contribution in [3.63, 3.8) is 0 Å². The number of para-hydroxylation sites is 1. The molecule has 4 heteroatoms. The summed E-state index contributed by atoms with van der Waals surface area (Å²) in [5.74, 6) is 0. The van der Waals surface area contributed by atoms with E-state index in [1.54, 1.807) is 18.2 Å². The van der Waals surface area contributed by atoms with Crippen LogP contribution in [0.25, 0.3) is 5.57 Å². The van der Waals surface area contributed by atoms with E-state index in [0.29, 0.717) is 24.1 Å². The van der Waals surface area contributed by atoms with Gasteiger partial charge in [-0.1, -0.05) is 18.7 Å². The summed E-state index contributed by atoms with van der Waals surface area (Å²) in [7, 11) is 0. The maximum Gasteiger partial charge on any atom is 0.276 e. The van der Waals surface area contributed by atoms with Gasteiger partial charge in [0.2, 0.25) is 0 Å². The highest BCUT2D eigenvalue weighted by Crippen LogP contribution is 2.25. The average molecular weight is 192 g/mol. The molecule has 0 aliphatic heterocycles. The Kier molecular flexibility index (Phi) is 3.36. The Labute approximate surface area is 82.2 Å². The summed E-state index contributed by atoms with van der Waals surface area (Å²) in [6.07, 6.45) is 0.574. The highest BCUT2D eigenvalue weighted by molar-refractivity contribution is 5.71. The van der Waals surface area contributed by atoms with Gasteiger partial charge in [0.1, 0.15) is 0 Å². The lowest BCUT2D eigenvalue weighted by molar-refractivity contribution is -0.385. The summed E-state index contributed by atoms with van der Waals surface area (Å²) >= 11 is 0. The molecule has 2 N–H and O–H groups in total. The predicted octanol–water partition coefficient (Wildman–Crippen LogP) is 1.96. The molecule has 74 valence electrons. The molecule has 0 aliphatic carbocycles. The fourth-order valence-corrected chi connectivity index (χ4v) is 1.24. The van der Waals surface area contributed by atoms with Gasteiger partial charge in [0.15, 0.2) is 0 Å². The van der Waals surface area contributed by atoms with Gasteiger partial charge in [-0.25, -0.2) is 0 Å². The van der Waals surface area contributed by atoms with Crippen molar-refractivity contribution in [3.05, 3.63) is 46.5 Å². The fourth-order valence-electron chi connectivity index (χ4n) is 1.24. The second-order valence-corrected chi connectivity index (χ2v) is 2.92. The molecule has 0 aliphatic rings. The van der Waals surface area contributed by atoms with E-state index in [4.69, 9.17) is 5.73 Å². The predicted molar refractivity (Wildman–Crippen MR) is 55.8 cm³/mol. The number of nitro groups is 1. The fraction of sp³-hybridized carbons (Fsp3) is 0.200. The van der Waals surface area contributed by atoms with Crippen molar-refractivity contribution < 1.29 is 4.92 Å². The molecule has 0 atom stereocenters. The molecule has 4 nitrogen and oxygen atoms in total. The minimum absolute atomic E-state index is 0.0888. The van der Waals surface area contributed by atoms with Crippen LogP contribution in [0, 0.1) is 10.1 Å². The molecule has 0 aromatic heterocycles. The lowest BCUT2D eigenvalue weighted by Gasteiger charge is -2.04. The largest absolute Gasteiger partial charge is 0.330 e. The number of hydrogen-bond acceptors (Lipinski definition) is 3. The minimum atomic E-state index is -0.406. The first kappa shape index (κ1) is 10.4. The van der Waals surface area contributed by atoms with Crippen LogP contribution in [0.3, 0.4) is 0 Å². The van der Waals surface area contributed by atoms with Crippen molar-refractivity contribution >= 4 is 11.3 Å². The summed E-state index contributed by atoms with van der Waals surface area (Å²) < 4.78 is 0. The van der Waals surface area contributed by atoms with Crippen LogP contribution < -0.4 is 5.73 Å². The Morgan fingerprint density at radius 3 is 2.71 bits per heavy atom. The molecular weight excluding hydrogens is 180 g/mol. The molecule has 0 amide bonds. The van der Waals surface area contributed by atoms with Gasteiger partial charge in [0, 0.05) is 6.07 Å². The lowest BCUT2D eigenvalue weighted by atomic mass is 10.0. The van der Waals surface area contributed by atoms with Crippen LogP contribution in [-0.2, 0) is 0 Å². The third-order valence-corrected chi connectivity index (χ3v) is 1.93. The Morgan fingerprint density at radius 2 is 2.14 bits per heavy atom. The van der Waals surface area contributed by atoms with E-state index in [1.165, 1.54) is 6.07 Å². The topological polar surface area (TPSA) is 69.2 Å². The van der Waals surface area contributed by atoms with Crippen LogP contribution >= 0.6 is 0 Å². The van der Waals surface area contributed by atoms with Crippen molar-refractivity contribution in [1.29, 1.82) is 0 Å². The zero-order valence-electron chi connectivity index (χ0n) is 7.77. The minimum Gasteiger partial charge on any atom is -0.330 e. The summed E-state index contributed by atoms with van der Waals surface area (Å²) in [5.41, 5.74) is 6.73. The molecule has 1 aromatic carbocycles. The van der Waals surface area contributed by atoms with Crippen LogP contribution in [0.15, 0.2) is 30.8 Å². The highest BCUT2D eigenvalue weighted by atomic mass is 16.6. The molecule has 1 aromatic rings. The molecule has 0 radical (unpaired) electrons. The van der Waals surface area contributed by atoms with Crippen molar-refractivity contribution in [2.75, 3.05) is 6.54 Å². The molecule has 0 fully saturated rings. The maximum absolute atomic E-state index is 10.7. The van der Waals surface area contributed by atoms with E-state index >= 15 is 0 Å². The number of benzene rings is 1. The average Bonchev–Trinajstić information content (AvgIpc) is 2.18. The van der Waals surface area contributed by atoms with Crippen molar-refractivity contribution in [3.8, 4) is 0 Å². The summed E-state index contributed by atoms with van der Waals surface area (Å²) in [6.45, 7) is 4.22. The smallest absolute Gasteiger partial charge is 0.276 e. The van der Waals surface area contributed by atoms with Crippen LogP contribution in [0.4, 0.5) is 5.69 Å². The molecule has 0 spiro atoms. The van der Waals surface area contributed by atoms with Gasteiger partial charge in [-0.05, 0) is 24.6 Å². The van der Waals surface area contributed by atoms with Crippen LogP contribution in [0.5, 0.6) is 0 Å². The molecule has 0 heterocycles. The van der Waals surface area contributed by atoms with Gasteiger partial charge in [-0.15, -0.1) is 0 Å². The van der Waals surface area contributed by atoms with Crippen molar-refractivity contribution in [2.24, 2.45) is 5.73 Å². The lowest BCUT2D eigenvalue weighted by Crippen LogP contribution is -2.01. The van der Waals surface area contributed by atoms with E-state index in [9.17, 15) is 10.1 Å². The Bertz CT molecular complexity index is 361. The van der Waals surface area contributed by atoms with E-state index in [0.717, 1.165) is 0 Å². The number of nitrogens with two attached hydrogens (primary N) is 1. The summed E-state index contributed by atoms with van der Waals surface area (Å²) in [6, 6.07) is 6.55. The molecule has 0 saturated carbocycles. The van der Waals surface area contributed by atoms with Crippen LogP contribution in [0.1, 0.15) is 12.0 Å². The number of nitrogens with zero attached hydrogens (tertiary/aromatic N) is 1. The standard InChI is InChI=1S/C10H12N2O2/c1-8(6-7-11)9-4-2-3-5-10(9)12(13)14/h2-5H,1,6-7,11H2. The van der Waals surface area contributed by atoms with Gasteiger partial charge >= 0.3 is 0 Å². The molecular formula is C10H12N2O2. The first-order chi connectivity index (χ1) is 6.66. The number of hydrogen-bond donors (Lipinski definition) is 1. The monoisotopic (exact) mass is 192 g/mol. The highest BCUT2D eigenvalue weighted by Gasteiger charge is 2.13. The zero-order chi connectivity index (χ0) is 10.6. The summed E-state index contributed by atoms with van der Waals surface area (Å²) in [4.78, 5) is 10.3. The third kappa shape index (κ3) is 2.17. The normalized spacial score (nSPS) is 9.79. The first-order valence-electron chi connectivity index (χ1n) is 4.28. The third-order valence-electron chi connectivity index (χ3n) is 1.93. The van der Waals surface area contributed by atoms with E-state index in [1.807, 2.05) is 0 Å². The van der Waals surface area contributed by atoms with Crippen molar-refractivity contribution in [2.45, 2.75) is 6.42 Å². The Hall–Kier alpha value is -1.68. The molecule has 14 heavy (non-hydrogen) atoms. The van der Waals surface area contributed by atoms with Crippen molar-refractivity contribution in [1.82, 2.24) is 0 Å².